The molecule has 0 saturated carbocycles. The Kier molecular flexibility index (Phi) is 3.22. The van der Waals surface area contributed by atoms with Crippen molar-refractivity contribution in [2.75, 3.05) is 6.26 Å². The van der Waals surface area contributed by atoms with Crippen molar-refractivity contribution in [3.8, 4) is 0 Å². The van der Waals surface area contributed by atoms with Crippen LogP contribution in [0.3, 0.4) is 0 Å². The number of thiophene rings is 1. The number of carbonyl (C=O) groups is 1. The Balaban J connectivity index is 2.82. The number of thioether (sulfide) groups is 1. The first kappa shape index (κ1) is 9.67. The summed E-state index contributed by atoms with van der Waals surface area (Å²) in [5.74, 6) is -1.08. The van der Waals surface area contributed by atoms with E-state index in [4.69, 9.17) is 0 Å². The largest absolute Gasteiger partial charge is 0.301 e. The molecule has 0 aliphatic heterocycles. The maximum absolute atomic E-state index is 11.9. The van der Waals surface area contributed by atoms with Gasteiger partial charge in [-0.25, -0.2) is 8.78 Å². The van der Waals surface area contributed by atoms with Crippen molar-refractivity contribution in [1.29, 1.82) is 0 Å². The van der Waals surface area contributed by atoms with Gasteiger partial charge in [0.2, 0.25) is 5.78 Å². The zero-order valence-corrected chi connectivity index (χ0v) is 7.85. The third-order valence-corrected chi connectivity index (χ3v) is 3.41. The average molecular weight is 208 g/mol. The molecule has 1 rings (SSSR count). The van der Waals surface area contributed by atoms with E-state index in [0.29, 0.717) is 0 Å². The molecule has 0 aromatic carbocycles. The lowest BCUT2D eigenvalue weighted by molar-refractivity contribution is 0.0683. The summed E-state index contributed by atoms with van der Waals surface area (Å²) in [5.41, 5.74) is 0. The van der Waals surface area contributed by atoms with E-state index in [1.807, 2.05) is 6.26 Å². The molecule has 0 spiro atoms. The predicted molar refractivity (Wildman–Crippen MR) is 46.4 cm³/mol. The van der Waals surface area contributed by atoms with Gasteiger partial charge in [-0.3, -0.25) is 4.79 Å². The minimum Gasteiger partial charge on any atom is -0.287 e. The molecule has 1 aromatic rings. The summed E-state index contributed by atoms with van der Waals surface area (Å²) in [6, 6.07) is 3.11. The van der Waals surface area contributed by atoms with Crippen molar-refractivity contribution in [3.05, 3.63) is 17.0 Å². The fourth-order valence-electron chi connectivity index (χ4n) is 0.670. The number of ketones is 1. The van der Waals surface area contributed by atoms with Gasteiger partial charge in [0.25, 0.3) is 0 Å². The van der Waals surface area contributed by atoms with Gasteiger partial charge in [0.05, 0.1) is 9.09 Å². The Bertz CT molecular complexity index is 283. The van der Waals surface area contributed by atoms with Crippen LogP contribution in [0.4, 0.5) is 8.78 Å². The van der Waals surface area contributed by atoms with Crippen LogP contribution < -0.4 is 0 Å². The highest BCUT2D eigenvalue weighted by Crippen LogP contribution is 2.26. The molecule has 0 saturated heterocycles. The maximum atomic E-state index is 11.9. The number of halogens is 2. The lowest BCUT2D eigenvalue weighted by Crippen LogP contribution is -2.07. The number of rotatable bonds is 3. The zero-order chi connectivity index (χ0) is 9.14. The van der Waals surface area contributed by atoms with Gasteiger partial charge in [0.1, 0.15) is 0 Å². The first-order valence-electron chi connectivity index (χ1n) is 3.11. The van der Waals surface area contributed by atoms with Gasteiger partial charge < -0.3 is 0 Å². The van der Waals surface area contributed by atoms with Crippen LogP contribution in [-0.2, 0) is 0 Å². The molecule has 1 aromatic heterocycles. The van der Waals surface area contributed by atoms with E-state index in [1.54, 1.807) is 6.07 Å². The Labute approximate surface area is 76.8 Å². The van der Waals surface area contributed by atoms with E-state index < -0.39 is 12.2 Å². The Morgan fingerprint density at radius 3 is 2.67 bits per heavy atom. The average Bonchev–Trinajstić information content (AvgIpc) is 2.50. The summed E-state index contributed by atoms with van der Waals surface area (Å²) in [6.07, 6.45) is -1.05. The molecule has 0 atom stereocenters. The minimum absolute atomic E-state index is 0.134. The second kappa shape index (κ2) is 4.00. The number of carbonyl (C=O) groups excluding carboxylic acids is 1. The highest BCUT2D eigenvalue weighted by molar-refractivity contribution is 8.00. The molecule has 0 amide bonds. The van der Waals surface area contributed by atoms with Gasteiger partial charge in [0, 0.05) is 0 Å². The van der Waals surface area contributed by atoms with Gasteiger partial charge >= 0.3 is 6.43 Å². The first-order valence-corrected chi connectivity index (χ1v) is 5.15. The Morgan fingerprint density at radius 1 is 1.58 bits per heavy atom. The predicted octanol–water partition coefficient (Wildman–Crippen LogP) is 2.92. The molecule has 1 nitrogen and oxygen atoms in total. The molecule has 66 valence electrons. The van der Waals surface area contributed by atoms with Crippen LogP contribution in [0.1, 0.15) is 9.67 Å². The fourth-order valence-corrected chi connectivity index (χ4v) is 2.16. The van der Waals surface area contributed by atoms with Gasteiger partial charge in [-0.15, -0.1) is 23.1 Å². The van der Waals surface area contributed by atoms with Crippen LogP contribution in [0.15, 0.2) is 16.3 Å². The smallest absolute Gasteiger partial charge is 0.287 e. The number of hydrogen-bond donors (Lipinski definition) is 0. The van der Waals surface area contributed by atoms with Crippen molar-refractivity contribution in [1.82, 2.24) is 0 Å². The maximum Gasteiger partial charge on any atom is 0.301 e. The highest BCUT2D eigenvalue weighted by Gasteiger charge is 2.19. The normalized spacial score (nSPS) is 10.7. The second-order valence-corrected chi connectivity index (χ2v) is 4.18. The van der Waals surface area contributed by atoms with Gasteiger partial charge in [-0.05, 0) is 18.4 Å². The Hall–Kier alpha value is -0.420. The molecule has 0 radical (unpaired) electrons. The van der Waals surface area contributed by atoms with Crippen LogP contribution in [0.5, 0.6) is 0 Å². The van der Waals surface area contributed by atoms with Crippen molar-refractivity contribution in [2.24, 2.45) is 0 Å². The van der Waals surface area contributed by atoms with Crippen LogP contribution in [0.2, 0.25) is 0 Å². The summed E-state index contributed by atoms with van der Waals surface area (Å²) in [5, 5.41) is 0. The summed E-state index contributed by atoms with van der Waals surface area (Å²) in [7, 11) is 0. The van der Waals surface area contributed by atoms with Crippen molar-refractivity contribution in [3.63, 3.8) is 0 Å². The number of Topliss-reactive ketones (excluding diaryl/α,β-unsaturated/α-hetero) is 1. The van der Waals surface area contributed by atoms with Gasteiger partial charge in [0.15, 0.2) is 0 Å². The molecule has 0 unspecified atom stereocenters. The number of hydrogen-bond acceptors (Lipinski definition) is 3. The minimum atomic E-state index is -2.89. The van der Waals surface area contributed by atoms with E-state index in [9.17, 15) is 13.6 Å². The van der Waals surface area contributed by atoms with Crippen LogP contribution in [0, 0.1) is 0 Å². The van der Waals surface area contributed by atoms with Gasteiger partial charge in [-0.1, -0.05) is 0 Å². The fraction of sp³-hybridized carbons (Fsp3) is 0.286. The summed E-state index contributed by atoms with van der Waals surface area (Å²) < 4.78 is 24.6. The molecule has 0 bridgehead atoms. The highest BCUT2D eigenvalue weighted by atomic mass is 32.2. The van der Waals surface area contributed by atoms with Crippen molar-refractivity contribution >= 4 is 28.9 Å². The van der Waals surface area contributed by atoms with Crippen molar-refractivity contribution < 1.29 is 13.6 Å². The van der Waals surface area contributed by atoms with Crippen LogP contribution in [-0.4, -0.2) is 18.5 Å². The molecule has 5 heteroatoms. The molecule has 0 aliphatic carbocycles. The van der Waals surface area contributed by atoms with Crippen LogP contribution in [0.25, 0.3) is 0 Å². The molecule has 0 aliphatic rings. The van der Waals surface area contributed by atoms with E-state index in [-0.39, 0.29) is 4.88 Å². The summed E-state index contributed by atoms with van der Waals surface area (Å²) >= 11 is 2.54. The quantitative estimate of drug-likeness (QED) is 0.561. The van der Waals surface area contributed by atoms with E-state index in [2.05, 4.69) is 0 Å². The third kappa shape index (κ3) is 2.04. The SMILES string of the molecule is CSc1ccc(C(=O)C(F)F)s1. The van der Waals surface area contributed by atoms with E-state index in [0.717, 1.165) is 15.5 Å². The van der Waals surface area contributed by atoms with E-state index >= 15 is 0 Å². The zero-order valence-electron chi connectivity index (χ0n) is 6.21. The summed E-state index contributed by atoms with van der Waals surface area (Å²) in [6.45, 7) is 0. The topological polar surface area (TPSA) is 17.1 Å². The lowest BCUT2D eigenvalue weighted by Gasteiger charge is -1.92. The molecule has 1 heterocycles. The summed E-state index contributed by atoms with van der Waals surface area (Å²) in [4.78, 5) is 10.9. The third-order valence-electron chi connectivity index (χ3n) is 1.22. The monoisotopic (exact) mass is 208 g/mol. The lowest BCUT2D eigenvalue weighted by atomic mass is 10.3. The standard InChI is InChI=1S/C7H6F2OS2/c1-11-5-3-2-4(12-5)6(10)7(8)9/h2-3,7H,1H3. The molecular weight excluding hydrogens is 202 g/mol. The van der Waals surface area contributed by atoms with E-state index in [1.165, 1.54) is 17.8 Å². The molecular formula is C7H6F2OS2. The molecule has 12 heavy (non-hydrogen) atoms. The van der Waals surface area contributed by atoms with Crippen molar-refractivity contribution in [2.45, 2.75) is 10.6 Å². The number of alkyl halides is 2. The Morgan fingerprint density at radius 2 is 2.25 bits per heavy atom. The first-order chi connectivity index (χ1) is 5.65. The second-order valence-electron chi connectivity index (χ2n) is 1.99. The molecule has 0 fully saturated rings. The van der Waals surface area contributed by atoms with Crippen LogP contribution >= 0.6 is 23.1 Å². The molecule has 0 N–H and O–H groups in total. The van der Waals surface area contributed by atoms with Gasteiger partial charge in [-0.2, -0.15) is 0 Å².